The van der Waals surface area contributed by atoms with Crippen LogP contribution in [0.5, 0.6) is 5.75 Å². The molecule has 0 saturated carbocycles. The zero-order chi connectivity index (χ0) is 17.6. The van der Waals surface area contributed by atoms with E-state index in [0.29, 0.717) is 12.1 Å². The topological polar surface area (TPSA) is 41.6 Å². The Morgan fingerprint density at radius 3 is 2.42 bits per heavy atom. The van der Waals surface area contributed by atoms with Crippen molar-refractivity contribution in [3.05, 3.63) is 64.1 Å². The van der Waals surface area contributed by atoms with E-state index < -0.39 is 0 Å². The predicted octanol–water partition coefficient (Wildman–Crippen LogP) is 4.45. The molecule has 1 atom stereocenters. The molecule has 1 amide bonds. The van der Waals surface area contributed by atoms with Crippen LogP contribution in [0, 0.1) is 0 Å². The number of benzene rings is 2. The van der Waals surface area contributed by atoms with E-state index in [9.17, 15) is 4.79 Å². The number of methoxy groups -OCH3 is 1. The summed E-state index contributed by atoms with van der Waals surface area (Å²) in [5.74, 6) is 0.798. The molecule has 140 valence electrons. The van der Waals surface area contributed by atoms with Crippen molar-refractivity contribution in [3.63, 3.8) is 0 Å². The summed E-state index contributed by atoms with van der Waals surface area (Å²) in [4.78, 5) is 15.0. The van der Waals surface area contributed by atoms with Crippen LogP contribution >= 0.6 is 28.3 Å². The Balaban J connectivity index is 0.00000243. The molecule has 1 N–H and O–H groups in total. The normalized spacial score (nSPS) is 15.2. The Kier molecular flexibility index (Phi) is 7.94. The van der Waals surface area contributed by atoms with Crippen LogP contribution in [0.3, 0.4) is 0 Å². The summed E-state index contributed by atoms with van der Waals surface area (Å²) < 4.78 is 6.07. The first-order valence-electron chi connectivity index (χ1n) is 8.60. The maximum atomic E-state index is 12.5. The van der Waals surface area contributed by atoms with Crippen LogP contribution in [-0.2, 0) is 0 Å². The first-order chi connectivity index (χ1) is 12.2. The fraction of sp³-hybridized carbons (Fsp3) is 0.350. The number of likely N-dealkylation sites (tertiary alicyclic amines) is 1. The Labute approximate surface area is 169 Å². The lowest BCUT2D eigenvalue weighted by Crippen LogP contribution is -2.36. The van der Waals surface area contributed by atoms with Gasteiger partial charge < -0.3 is 10.1 Å². The average Bonchev–Trinajstić information content (AvgIpc) is 3.17. The molecular weight excluding hydrogens is 416 g/mol. The van der Waals surface area contributed by atoms with Crippen molar-refractivity contribution in [1.29, 1.82) is 0 Å². The first kappa shape index (κ1) is 20.7. The van der Waals surface area contributed by atoms with Crippen molar-refractivity contribution in [3.8, 4) is 5.75 Å². The molecule has 0 spiro atoms. The van der Waals surface area contributed by atoms with Gasteiger partial charge in [0.05, 0.1) is 18.7 Å². The average molecular weight is 440 g/mol. The first-order valence-corrected chi connectivity index (χ1v) is 9.39. The molecule has 0 aliphatic carbocycles. The lowest BCUT2D eigenvalue weighted by molar-refractivity contribution is 0.0937. The van der Waals surface area contributed by atoms with Gasteiger partial charge in [0.1, 0.15) is 5.75 Å². The van der Waals surface area contributed by atoms with Crippen LogP contribution < -0.4 is 10.1 Å². The van der Waals surface area contributed by atoms with Crippen LogP contribution in [0.1, 0.15) is 34.8 Å². The van der Waals surface area contributed by atoms with Gasteiger partial charge in [0.15, 0.2) is 0 Å². The molecule has 0 aromatic heterocycles. The van der Waals surface area contributed by atoms with Gasteiger partial charge in [-0.1, -0.05) is 24.3 Å². The summed E-state index contributed by atoms with van der Waals surface area (Å²) in [6, 6.07) is 15.8. The van der Waals surface area contributed by atoms with Crippen LogP contribution in [0.25, 0.3) is 0 Å². The largest absolute Gasteiger partial charge is 0.497 e. The van der Waals surface area contributed by atoms with Crippen molar-refractivity contribution in [2.24, 2.45) is 0 Å². The molecule has 1 saturated heterocycles. The standard InChI is InChI=1S/C20H23BrN2O2.ClH/c1-25-16-10-8-15(9-11-16)19(23-12-4-5-13-23)14-22-20(24)17-6-2-3-7-18(17)21;/h2-3,6-11,19H,4-5,12-14H2,1H3,(H,22,24);1H. The SMILES string of the molecule is COc1ccc(C(CNC(=O)c2ccccc2Br)N2CCCC2)cc1.Cl. The van der Waals surface area contributed by atoms with Crippen LogP contribution in [0.2, 0.25) is 0 Å². The second-order valence-corrected chi connectivity index (χ2v) is 7.08. The molecule has 0 radical (unpaired) electrons. The summed E-state index contributed by atoms with van der Waals surface area (Å²) in [6.07, 6.45) is 2.43. The molecule has 3 rings (SSSR count). The van der Waals surface area contributed by atoms with Gasteiger partial charge in [-0.3, -0.25) is 9.69 Å². The Morgan fingerprint density at radius 1 is 1.15 bits per heavy atom. The van der Waals surface area contributed by atoms with E-state index in [1.165, 1.54) is 18.4 Å². The number of ether oxygens (including phenoxy) is 1. The molecule has 1 unspecified atom stereocenters. The van der Waals surface area contributed by atoms with Crippen molar-refractivity contribution >= 4 is 34.2 Å². The summed E-state index contributed by atoms with van der Waals surface area (Å²) >= 11 is 3.45. The van der Waals surface area contributed by atoms with Gasteiger partial charge in [-0.05, 0) is 71.7 Å². The fourth-order valence-electron chi connectivity index (χ4n) is 3.27. The lowest BCUT2D eigenvalue weighted by Gasteiger charge is -2.28. The fourth-order valence-corrected chi connectivity index (χ4v) is 3.73. The number of amides is 1. The minimum atomic E-state index is -0.0508. The van der Waals surface area contributed by atoms with Gasteiger partial charge in [0.2, 0.25) is 0 Å². The van der Waals surface area contributed by atoms with Crippen LogP contribution in [0.4, 0.5) is 0 Å². The minimum absolute atomic E-state index is 0. The molecule has 26 heavy (non-hydrogen) atoms. The predicted molar refractivity (Wildman–Crippen MR) is 110 cm³/mol. The van der Waals surface area contributed by atoms with E-state index in [1.54, 1.807) is 7.11 Å². The molecule has 0 bridgehead atoms. The quantitative estimate of drug-likeness (QED) is 0.723. The molecule has 4 nitrogen and oxygen atoms in total. The zero-order valence-corrected chi connectivity index (χ0v) is 17.2. The zero-order valence-electron chi connectivity index (χ0n) is 14.8. The smallest absolute Gasteiger partial charge is 0.252 e. The van der Waals surface area contributed by atoms with E-state index in [-0.39, 0.29) is 24.4 Å². The van der Waals surface area contributed by atoms with E-state index >= 15 is 0 Å². The number of carbonyl (C=O) groups excluding carboxylic acids is 1. The van der Waals surface area contributed by atoms with Crippen LogP contribution in [0.15, 0.2) is 53.0 Å². The molecular formula is C20H24BrClN2O2. The van der Waals surface area contributed by atoms with Crippen molar-refractivity contribution < 1.29 is 9.53 Å². The second kappa shape index (κ2) is 9.95. The molecule has 1 fully saturated rings. The van der Waals surface area contributed by atoms with Gasteiger partial charge in [0, 0.05) is 11.0 Å². The molecule has 2 aromatic rings. The number of rotatable bonds is 6. The van der Waals surface area contributed by atoms with Crippen molar-refractivity contribution in [2.45, 2.75) is 18.9 Å². The molecule has 1 aliphatic rings. The minimum Gasteiger partial charge on any atom is -0.497 e. The molecule has 1 heterocycles. The number of hydrogen-bond acceptors (Lipinski definition) is 3. The van der Waals surface area contributed by atoms with E-state index in [0.717, 1.165) is 23.3 Å². The highest BCUT2D eigenvalue weighted by Crippen LogP contribution is 2.26. The van der Waals surface area contributed by atoms with Gasteiger partial charge >= 0.3 is 0 Å². The van der Waals surface area contributed by atoms with E-state index in [1.807, 2.05) is 36.4 Å². The summed E-state index contributed by atoms with van der Waals surface area (Å²) in [7, 11) is 1.67. The Hall–Kier alpha value is -1.56. The van der Waals surface area contributed by atoms with E-state index in [2.05, 4.69) is 38.3 Å². The maximum Gasteiger partial charge on any atom is 0.252 e. The summed E-state index contributed by atoms with van der Waals surface area (Å²) in [5, 5.41) is 3.10. The third-order valence-electron chi connectivity index (χ3n) is 4.66. The third-order valence-corrected chi connectivity index (χ3v) is 5.35. The monoisotopic (exact) mass is 438 g/mol. The van der Waals surface area contributed by atoms with Crippen LogP contribution in [-0.4, -0.2) is 37.6 Å². The Bertz CT molecular complexity index is 718. The number of nitrogens with zero attached hydrogens (tertiary/aromatic N) is 1. The summed E-state index contributed by atoms with van der Waals surface area (Å²) in [5.41, 5.74) is 1.87. The number of halogens is 2. The highest BCUT2D eigenvalue weighted by atomic mass is 79.9. The van der Waals surface area contributed by atoms with Gasteiger partial charge in [-0.25, -0.2) is 0 Å². The van der Waals surface area contributed by atoms with E-state index in [4.69, 9.17) is 4.74 Å². The molecule has 1 aliphatic heterocycles. The molecule has 2 aromatic carbocycles. The second-order valence-electron chi connectivity index (χ2n) is 6.22. The summed E-state index contributed by atoms with van der Waals surface area (Å²) in [6.45, 7) is 2.73. The number of nitrogens with one attached hydrogen (secondary N) is 1. The lowest BCUT2D eigenvalue weighted by atomic mass is 10.0. The highest BCUT2D eigenvalue weighted by molar-refractivity contribution is 9.10. The Morgan fingerprint density at radius 2 is 1.81 bits per heavy atom. The van der Waals surface area contributed by atoms with Crippen molar-refractivity contribution in [1.82, 2.24) is 10.2 Å². The highest BCUT2D eigenvalue weighted by Gasteiger charge is 2.24. The maximum absolute atomic E-state index is 12.5. The van der Waals surface area contributed by atoms with Crippen molar-refractivity contribution in [2.75, 3.05) is 26.7 Å². The number of hydrogen-bond donors (Lipinski definition) is 1. The molecule has 6 heteroatoms. The number of carbonyl (C=O) groups is 1. The van der Waals surface area contributed by atoms with Gasteiger partial charge in [-0.15, -0.1) is 12.4 Å². The third kappa shape index (κ3) is 5.00. The van der Waals surface area contributed by atoms with Gasteiger partial charge in [-0.2, -0.15) is 0 Å². The van der Waals surface area contributed by atoms with Gasteiger partial charge in [0.25, 0.3) is 5.91 Å².